The minimum absolute atomic E-state index is 0.0433. The number of benzene rings is 6. The monoisotopic (exact) mass is 682 g/mol. The zero-order valence-corrected chi connectivity index (χ0v) is 28.8. The van der Waals surface area contributed by atoms with E-state index in [0.717, 1.165) is 22.3 Å². The number of hydrogen-bond donors (Lipinski definition) is 0. The molecule has 0 unspecified atom stereocenters. The lowest BCUT2D eigenvalue weighted by Gasteiger charge is -2.39. The molecule has 0 aliphatic rings. The van der Waals surface area contributed by atoms with Gasteiger partial charge in [-0.3, -0.25) is 0 Å². The molecule has 0 aliphatic heterocycles. The number of rotatable bonds is 9. The molecule has 0 amide bonds. The highest BCUT2D eigenvalue weighted by atomic mass is 32.3. The summed E-state index contributed by atoms with van der Waals surface area (Å²) >= 11 is 0. The highest BCUT2D eigenvalue weighted by Crippen LogP contribution is 2.70. The molecule has 6 aromatic carbocycles. The molecule has 0 aliphatic carbocycles. The Balaban J connectivity index is 1.57. The fourth-order valence-corrected chi connectivity index (χ4v) is 11.6. The van der Waals surface area contributed by atoms with Gasteiger partial charge in [0.15, 0.2) is 5.75 Å². The van der Waals surface area contributed by atoms with Crippen LogP contribution in [0.15, 0.2) is 158 Å². The van der Waals surface area contributed by atoms with Gasteiger partial charge >= 0.3 is 20.2 Å². The zero-order chi connectivity index (χ0) is 33.4. The molecule has 0 spiro atoms. The minimum Gasteiger partial charge on any atom is -0.378 e. The van der Waals surface area contributed by atoms with Crippen molar-refractivity contribution in [2.75, 3.05) is 0 Å². The van der Waals surface area contributed by atoms with Crippen LogP contribution in [-0.4, -0.2) is 16.8 Å². The van der Waals surface area contributed by atoms with Crippen LogP contribution in [-0.2, 0) is 23.9 Å². The summed E-state index contributed by atoms with van der Waals surface area (Å²) in [5, 5.41) is 0.587. The quantitative estimate of drug-likeness (QED) is 0.141. The molecule has 0 aromatic heterocycles. The predicted molar refractivity (Wildman–Crippen MR) is 187 cm³/mol. The van der Waals surface area contributed by atoms with Crippen LogP contribution in [0.3, 0.4) is 0 Å². The summed E-state index contributed by atoms with van der Waals surface area (Å²) in [6.45, 7) is 7.76. The third kappa shape index (κ3) is 6.44. The Kier molecular flexibility index (Phi) is 8.76. The molecular formula is C38H34O6S3. The van der Waals surface area contributed by atoms with E-state index < -0.39 is 30.5 Å². The lowest BCUT2D eigenvalue weighted by molar-refractivity contribution is 0.486. The van der Waals surface area contributed by atoms with Crippen LogP contribution in [0.1, 0.15) is 22.3 Å². The molecule has 0 heterocycles. The molecule has 0 radical (unpaired) electrons. The van der Waals surface area contributed by atoms with E-state index in [0.29, 0.717) is 20.1 Å². The second kappa shape index (κ2) is 12.7. The predicted octanol–water partition coefficient (Wildman–Crippen LogP) is 9.44. The van der Waals surface area contributed by atoms with E-state index in [9.17, 15) is 16.8 Å². The first-order valence-corrected chi connectivity index (χ1v) is 19.3. The van der Waals surface area contributed by atoms with Crippen molar-refractivity contribution in [3.05, 3.63) is 156 Å². The second-order valence-corrected chi connectivity index (χ2v) is 17.4. The molecule has 0 atom stereocenters. The molecule has 9 heteroatoms. The minimum atomic E-state index is -4.61. The lowest BCUT2D eigenvalue weighted by atomic mass is 10.1. The van der Waals surface area contributed by atoms with E-state index in [4.69, 9.17) is 7.81 Å². The largest absolute Gasteiger partial charge is 0.378 e. The standard InChI is InChI=1S/C38H34O6S3/c1-27-11-19-32(20-12-27)45(33-21-13-28(2)14-22-33,34-23-15-29(3)16-24-34)44-47(41,42)37-10-6-8-31-7-5-9-36(38(31)37)43-46(39,40)35-25-17-30(4)18-26-35/h5-26H,1-4H3. The van der Waals surface area contributed by atoms with Crippen molar-refractivity contribution in [3.63, 3.8) is 0 Å². The molecule has 6 nitrogen and oxygen atoms in total. The zero-order valence-electron chi connectivity index (χ0n) is 26.4. The van der Waals surface area contributed by atoms with Gasteiger partial charge in [0.25, 0.3) is 0 Å². The summed E-state index contributed by atoms with van der Waals surface area (Å²) < 4.78 is 68.7. The van der Waals surface area contributed by atoms with Crippen molar-refractivity contribution in [1.82, 2.24) is 0 Å². The van der Waals surface area contributed by atoms with E-state index in [2.05, 4.69) is 0 Å². The average molecular weight is 683 g/mol. The number of fused-ring (bicyclic) bond motifs is 1. The maximum atomic E-state index is 14.8. The smallest absolute Gasteiger partial charge is 0.339 e. The Morgan fingerprint density at radius 1 is 0.426 bits per heavy atom. The van der Waals surface area contributed by atoms with Gasteiger partial charge in [-0.1, -0.05) is 95.1 Å². The van der Waals surface area contributed by atoms with Crippen LogP contribution in [0.4, 0.5) is 0 Å². The average Bonchev–Trinajstić information content (AvgIpc) is 3.05. The summed E-state index contributed by atoms with van der Waals surface area (Å²) in [5.74, 6) is -0.118. The SMILES string of the molecule is Cc1ccc(S(OS(=O)(=O)c2cccc3cccc(OS(=O)(=O)c4ccc(C)cc4)c23)(c2ccc(C)cc2)c2ccc(C)cc2)cc1. The Bertz CT molecular complexity index is 2160. The number of hydrogen-bond acceptors (Lipinski definition) is 6. The maximum Gasteiger partial charge on any atom is 0.339 e. The van der Waals surface area contributed by atoms with Crippen molar-refractivity contribution >= 4 is 41.3 Å². The molecule has 0 saturated heterocycles. The summed E-state index contributed by atoms with van der Waals surface area (Å²) in [5.41, 5.74) is 3.94. The highest BCUT2D eigenvalue weighted by Gasteiger charge is 2.39. The van der Waals surface area contributed by atoms with Gasteiger partial charge in [0.1, 0.15) is 9.79 Å². The number of aryl methyl sites for hydroxylation is 4. The highest BCUT2D eigenvalue weighted by molar-refractivity contribution is 8.33. The molecular weight excluding hydrogens is 649 g/mol. The van der Waals surface area contributed by atoms with Gasteiger partial charge in [-0.05, 0) is 104 Å². The topological polar surface area (TPSA) is 86.7 Å². The molecule has 6 rings (SSSR count). The Labute approximate surface area is 278 Å². The Morgan fingerprint density at radius 2 is 0.809 bits per heavy atom. The maximum absolute atomic E-state index is 14.8. The molecule has 47 heavy (non-hydrogen) atoms. The third-order valence-corrected chi connectivity index (χ3v) is 14.3. The molecule has 0 bridgehead atoms. The first-order valence-electron chi connectivity index (χ1n) is 14.9. The molecule has 6 aromatic rings. The normalized spacial score (nSPS) is 12.6. The van der Waals surface area contributed by atoms with Crippen LogP contribution >= 0.6 is 10.3 Å². The van der Waals surface area contributed by atoms with Crippen molar-refractivity contribution in [1.29, 1.82) is 0 Å². The summed E-state index contributed by atoms with van der Waals surface area (Å²) in [7, 11) is -11.8. The van der Waals surface area contributed by atoms with Gasteiger partial charge in [-0.2, -0.15) is 16.8 Å². The molecule has 0 N–H and O–H groups in total. The van der Waals surface area contributed by atoms with Crippen LogP contribution in [0.25, 0.3) is 10.8 Å². The van der Waals surface area contributed by atoms with E-state index in [1.165, 1.54) is 24.3 Å². The van der Waals surface area contributed by atoms with E-state index >= 15 is 0 Å². The van der Waals surface area contributed by atoms with E-state index in [1.54, 1.807) is 36.4 Å². The Morgan fingerprint density at radius 3 is 1.23 bits per heavy atom. The fourth-order valence-electron chi connectivity index (χ4n) is 5.31. The molecule has 0 fully saturated rings. The molecule has 240 valence electrons. The summed E-state index contributed by atoms with van der Waals surface area (Å²) in [4.78, 5) is 1.83. The lowest BCUT2D eigenvalue weighted by Crippen LogP contribution is -2.16. The van der Waals surface area contributed by atoms with Crippen LogP contribution < -0.4 is 4.18 Å². The van der Waals surface area contributed by atoms with Crippen molar-refractivity contribution in [2.24, 2.45) is 0 Å². The Hall–Kier alpha value is -4.41. The van der Waals surface area contributed by atoms with Gasteiger partial charge in [-0.15, -0.1) is 0 Å². The van der Waals surface area contributed by atoms with E-state index in [-0.39, 0.29) is 20.9 Å². The van der Waals surface area contributed by atoms with Crippen molar-refractivity contribution in [2.45, 2.75) is 52.2 Å². The summed E-state index contributed by atoms with van der Waals surface area (Å²) in [6, 6.07) is 38.9. The van der Waals surface area contributed by atoms with Crippen molar-refractivity contribution < 1.29 is 24.6 Å². The fraction of sp³-hybridized carbons (Fsp3) is 0.105. The van der Waals surface area contributed by atoms with E-state index in [1.807, 2.05) is 100 Å². The third-order valence-electron chi connectivity index (χ3n) is 7.86. The summed E-state index contributed by atoms with van der Waals surface area (Å²) in [6.07, 6.45) is 0. The van der Waals surface area contributed by atoms with Crippen LogP contribution in [0.5, 0.6) is 5.75 Å². The molecule has 0 saturated carbocycles. The second-order valence-electron chi connectivity index (χ2n) is 11.5. The van der Waals surface area contributed by atoms with Crippen molar-refractivity contribution in [3.8, 4) is 5.75 Å². The van der Waals surface area contributed by atoms with Crippen LogP contribution in [0, 0.1) is 27.7 Å². The first-order chi connectivity index (χ1) is 22.4. The van der Waals surface area contributed by atoms with Crippen LogP contribution in [0.2, 0.25) is 0 Å². The van der Waals surface area contributed by atoms with Gasteiger partial charge in [0, 0.05) is 20.1 Å². The van der Waals surface area contributed by atoms with Gasteiger partial charge in [0.2, 0.25) is 0 Å². The van der Waals surface area contributed by atoms with Gasteiger partial charge in [-0.25, -0.2) is 3.63 Å². The van der Waals surface area contributed by atoms with Gasteiger partial charge < -0.3 is 4.18 Å². The van der Waals surface area contributed by atoms with Gasteiger partial charge in [0.05, 0.1) is 0 Å². The first kappa shape index (κ1) is 32.5.